The Morgan fingerprint density at radius 1 is 1.38 bits per heavy atom. The standard InChI is InChI=1S/C20H20N4O4S/c1-12-13(2)24(9-16-5-4-6-27-16)20(17(12)8-21)23-18(25)10-28-19(26)7-15-11-29-14(3)22-15/h4-6,11H,7,9-10H2,1-3H3,(H,23,25). The van der Waals surface area contributed by atoms with Gasteiger partial charge in [-0.3, -0.25) is 9.59 Å². The molecule has 0 spiro atoms. The van der Waals surface area contributed by atoms with Crippen molar-refractivity contribution in [2.24, 2.45) is 0 Å². The van der Waals surface area contributed by atoms with E-state index in [0.29, 0.717) is 29.4 Å². The summed E-state index contributed by atoms with van der Waals surface area (Å²) < 4.78 is 12.2. The first-order valence-electron chi connectivity index (χ1n) is 8.87. The van der Waals surface area contributed by atoms with Gasteiger partial charge in [0.1, 0.15) is 17.6 Å². The molecule has 0 fully saturated rings. The monoisotopic (exact) mass is 412 g/mol. The zero-order valence-electron chi connectivity index (χ0n) is 16.3. The number of hydrogen-bond acceptors (Lipinski definition) is 7. The van der Waals surface area contributed by atoms with Crippen LogP contribution in [-0.2, 0) is 27.3 Å². The summed E-state index contributed by atoms with van der Waals surface area (Å²) in [6.07, 6.45) is 1.57. The van der Waals surface area contributed by atoms with Crippen LogP contribution in [0, 0.1) is 32.1 Å². The predicted molar refractivity (Wildman–Crippen MR) is 107 cm³/mol. The quantitative estimate of drug-likeness (QED) is 0.597. The molecule has 0 aromatic carbocycles. The van der Waals surface area contributed by atoms with E-state index < -0.39 is 18.5 Å². The van der Waals surface area contributed by atoms with Crippen molar-refractivity contribution in [1.82, 2.24) is 9.55 Å². The van der Waals surface area contributed by atoms with Gasteiger partial charge in [-0.15, -0.1) is 11.3 Å². The second kappa shape index (κ2) is 8.75. The number of anilines is 1. The maximum atomic E-state index is 12.4. The van der Waals surface area contributed by atoms with E-state index in [1.807, 2.05) is 26.8 Å². The maximum absolute atomic E-state index is 12.4. The summed E-state index contributed by atoms with van der Waals surface area (Å²) in [7, 11) is 0. The van der Waals surface area contributed by atoms with Crippen molar-refractivity contribution in [3.05, 3.63) is 57.1 Å². The molecular weight excluding hydrogens is 392 g/mol. The number of thiazole rings is 1. The van der Waals surface area contributed by atoms with Gasteiger partial charge in [0, 0.05) is 11.1 Å². The first-order chi connectivity index (χ1) is 13.9. The van der Waals surface area contributed by atoms with Crippen LogP contribution < -0.4 is 5.32 Å². The van der Waals surface area contributed by atoms with Gasteiger partial charge in [-0.1, -0.05) is 0 Å². The van der Waals surface area contributed by atoms with Gasteiger partial charge in [-0.2, -0.15) is 5.26 Å². The average molecular weight is 412 g/mol. The van der Waals surface area contributed by atoms with Gasteiger partial charge >= 0.3 is 5.97 Å². The third-order valence-electron chi connectivity index (χ3n) is 4.45. The van der Waals surface area contributed by atoms with Gasteiger partial charge < -0.3 is 19.0 Å². The fraction of sp³-hybridized carbons (Fsp3) is 0.300. The Hall–Kier alpha value is -3.38. The van der Waals surface area contributed by atoms with E-state index in [9.17, 15) is 14.9 Å². The van der Waals surface area contributed by atoms with E-state index in [4.69, 9.17) is 9.15 Å². The Balaban J connectivity index is 1.68. The predicted octanol–water partition coefficient (Wildman–Crippen LogP) is 3.11. The van der Waals surface area contributed by atoms with Crippen molar-refractivity contribution in [3.63, 3.8) is 0 Å². The van der Waals surface area contributed by atoms with Gasteiger partial charge in [0.15, 0.2) is 6.61 Å². The van der Waals surface area contributed by atoms with Crippen molar-refractivity contribution in [2.45, 2.75) is 33.7 Å². The second-order valence-electron chi connectivity index (χ2n) is 6.45. The summed E-state index contributed by atoms with van der Waals surface area (Å²) in [5, 5.41) is 14.9. The molecule has 1 amide bonds. The molecular formula is C20H20N4O4S. The topological polar surface area (TPSA) is 110 Å². The molecule has 0 aliphatic rings. The summed E-state index contributed by atoms with van der Waals surface area (Å²) in [6.45, 7) is 5.45. The lowest BCUT2D eigenvalue weighted by molar-refractivity contribution is -0.146. The highest BCUT2D eigenvalue weighted by Gasteiger charge is 2.21. The number of furan rings is 1. The normalized spacial score (nSPS) is 10.6. The Bertz CT molecular complexity index is 1070. The molecule has 8 nitrogen and oxygen atoms in total. The molecule has 29 heavy (non-hydrogen) atoms. The Kier molecular flexibility index (Phi) is 6.14. The van der Waals surface area contributed by atoms with E-state index in [0.717, 1.165) is 16.3 Å². The van der Waals surface area contributed by atoms with Crippen LogP contribution in [0.25, 0.3) is 0 Å². The summed E-state index contributed by atoms with van der Waals surface area (Å²) in [5.74, 6) is -0.0186. The molecule has 0 radical (unpaired) electrons. The number of rotatable bonds is 7. The van der Waals surface area contributed by atoms with Gasteiger partial charge in [-0.05, 0) is 38.5 Å². The molecule has 1 N–H and O–H groups in total. The number of nitrogens with zero attached hydrogens (tertiary/aromatic N) is 3. The number of aryl methyl sites for hydroxylation is 1. The largest absolute Gasteiger partial charge is 0.467 e. The van der Waals surface area contributed by atoms with E-state index >= 15 is 0 Å². The minimum Gasteiger partial charge on any atom is -0.467 e. The summed E-state index contributed by atoms with van der Waals surface area (Å²) in [6, 6.07) is 5.71. The lowest BCUT2D eigenvalue weighted by Crippen LogP contribution is -2.23. The smallest absolute Gasteiger partial charge is 0.312 e. The highest BCUT2D eigenvalue weighted by molar-refractivity contribution is 7.09. The van der Waals surface area contributed by atoms with Crippen molar-refractivity contribution < 1.29 is 18.7 Å². The van der Waals surface area contributed by atoms with Gasteiger partial charge in [-0.25, -0.2) is 4.98 Å². The van der Waals surface area contributed by atoms with Gasteiger partial charge in [0.05, 0.1) is 35.5 Å². The maximum Gasteiger partial charge on any atom is 0.312 e. The molecule has 150 valence electrons. The molecule has 0 bridgehead atoms. The SMILES string of the molecule is Cc1nc(CC(=O)OCC(=O)Nc2c(C#N)c(C)c(C)n2Cc2ccco2)cs1. The van der Waals surface area contributed by atoms with Crippen molar-refractivity contribution in [2.75, 3.05) is 11.9 Å². The number of ether oxygens (including phenoxy) is 1. The highest BCUT2D eigenvalue weighted by Crippen LogP contribution is 2.27. The summed E-state index contributed by atoms with van der Waals surface area (Å²) in [5.41, 5.74) is 2.59. The zero-order valence-corrected chi connectivity index (χ0v) is 17.1. The number of hydrogen-bond donors (Lipinski definition) is 1. The highest BCUT2D eigenvalue weighted by atomic mass is 32.1. The van der Waals surface area contributed by atoms with Crippen molar-refractivity contribution in [3.8, 4) is 6.07 Å². The minimum absolute atomic E-state index is 0.00809. The van der Waals surface area contributed by atoms with Crippen LogP contribution in [-0.4, -0.2) is 28.0 Å². The third kappa shape index (κ3) is 4.73. The van der Waals surface area contributed by atoms with Gasteiger partial charge in [0.2, 0.25) is 0 Å². The molecule has 0 saturated carbocycles. The number of nitrogens with one attached hydrogen (secondary N) is 1. The lowest BCUT2D eigenvalue weighted by atomic mass is 10.2. The minimum atomic E-state index is -0.538. The van der Waals surface area contributed by atoms with Crippen molar-refractivity contribution >= 4 is 29.0 Å². The van der Waals surface area contributed by atoms with Crippen LogP contribution in [0.4, 0.5) is 5.82 Å². The van der Waals surface area contributed by atoms with Crippen LogP contribution in [0.15, 0.2) is 28.2 Å². The first kappa shape index (κ1) is 20.4. The second-order valence-corrected chi connectivity index (χ2v) is 7.52. The molecule has 0 saturated heterocycles. The molecule has 0 aliphatic heterocycles. The van der Waals surface area contributed by atoms with Crippen LogP contribution in [0.5, 0.6) is 0 Å². The molecule has 3 rings (SSSR count). The fourth-order valence-corrected chi connectivity index (χ4v) is 3.50. The molecule has 3 aromatic rings. The number of esters is 1. The fourth-order valence-electron chi connectivity index (χ4n) is 2.89. The molecule has 0 atom stereocenters. The summed E-state index contributed by atoms with van der Waals surface area (Å²) in [4.78, 5) is 28.5. The molecule has 3 heterocycles. The number of amides is 1. The molecule has 3 aromatic heterocycles. The number of carbonyl (C=O) groups is 2. The lowest BCUT2D eigenvalue weighted by Gasteiger charge is -2.12. The van der Waals surface area contributed by atoms with Crippen LogP contribution >= 0.6 is 11.3 Å². The molecule has 0 unspecified atom stereocenters. The zero-order chi connectivity index (χ0) is 21.0. The van der Waals surface area contributed by atoms with Crippen LogP contribution in [0.1, 0.15) is 33.3 Å². The Morgan fingerprint density at radius 3 is 2.79 bits per heavy atom. The van der Waals surface area contributed by atoms with Crippen LogP contribution in [0.3, 0.4) is 0 Å². The number of carbonyl (C=O) groups excluding carboxylic acids is 2. The van der Waals surface area contributed by atoms with E-state index in [-0.39, 0.29) is 6.42 Å². The third-order valence-corrected chi connectivity index (χ3v) is 5.27. The first-order valence-corrected chi connectivity index (χ1v) is 9.75. The number of aromatic nitrogens is 2. The Morgan fingerprint density at radius 2 is 2.17 bits per heavy atom. The number of nitriles is 1. The van der Waals surface area contributed by atoms with Crippen molar-refractivity contribution in [1.29, 1.82) is 5.26 Å². The molecule has 0 aliphatic carbocycles. The van der Waals surface area contributed by atoms with E-state index in [1.165, 1.54) is 11.3 Å². The van der Waals surface area contributed by atoms with Gasteiger partial charge in [0.25, 0.3) is 5.91 Å². The van der Waals surface area contributed by atoms with Crippen LogP contribution in [0.2, 0.25) is 0 Å². The average Bonchev–Trinajstić information content (AvgIpc) is 3.39. The molecule has 9 heteroatoms. The van der Waals surface area contributed by atoms with E-state index in [1.54, 1.807) is 22.3 Å². The Labute approximate surface area is 171 Å². The summed E-state index contributed by atoms with van der Waals surface area (Å²) >= 11 is 1.44. The van der Waals surface area contributed by atoms with E-state index in [2.05, 4.69) is 16.4 Å².